The summed E-state index contributed by atoms with van der Waals surface area (Å²) in [5.74, 6) is 4.40. The highest BCUT2D eigenvalue weighted by Gasteiger charge is 2.51. The molecule has 0 aliphatic heterocycles. The maximum atomic E-state index is 12.2. The Morgan fingerprint density at radius 2 is 0.454 bits per heavy atom. The SMILES string of the molecule is C.CCC(=O)CCCCCCCC(=O)Cc1ccc(N(C)C)cc1.CCC(=O)CCCCCCCNC(=O)NCc1ccc(N(C)C)cc1.CCC(=O)CCCCCNC(=O)NC12CC3CC(CC(C3)C1)C2.CCC(=O)CCCCCNC(=O)NCc1ccc(N(C)C)cc1.CNC(=O)CCCCCCNC(=O)NCc1ccc(N(C)C)cc1.CNC(=O)CCCCNC(=O)NCc1ccc(N(C)C)cc1. The fourth-order valence-electron chi connectivity index (χ4n) is 16.9. The molecule has 0 unspecified atom stereocenters. The predicted octanol–water partition coefficient (Wildman–Crippen LogP) is 19.7. The molecule has 29 nitrogen and oxygen atoms in total. The number of hydrogen-bond donors (Lipinski definition) is 12. The summed E-state index contributed by atoms with van der Waals surface area (Å²) in [6.45, 7) is 13.0. The number of ketones is 5. The molecule has 12 amide bonds. The molecule has 0 spiro atoms. The summed E-state index contributed by atoms with van der Waals surface area (Å²) in [6, 6.07) is 40.0. The molecule has 4 aliphatic carbocycles. The minimum atomic E-state index is -0.184. The van der Waals surface area contributed by atoms with E-state index in [4.69, 9.17) is 0 Å². The Bertz CT molecular complexity index is 4260. The minimum Gasteiger partial charge on any atom is -0.378 e. The second-order valence-electron chi connectivity index (χ2n) is 38.5. The van der Waals surface area contributed by atoms with E-state index >= 15 is 0 Å². The Morgan fingerprint density at radius 3 is 0.695 bits per heavy atom. The molecular formula is C112H185N17O12. The lowest BCUT2D eigenvalue weighted by atomic mass is 9.53. The minimum absolute atomic E-state index is 0. The van der Waals surface area contributed by atoms with E-state index in [2.05, 4.69) is 80.8 Å². The molecular weight excluding hydrogens is 1780 g/mol. The monoisotopic (exact) mass is 1960 g/mol. The number of unbranched alkanes of at least 4 members (excludes halogenated alkanes) is 16. The smallest absolute Gasteiger partial charge is 0.315 e. The first-order chi connectivity index (χ1) is 67.2. The van der Waals surface area contributed by atoms with E-state index in [-0.39, 0.29) is 54.9 Å². The van der Waals surface area contributed by atoms with Gasteiger partial charge >= 0.3 is 30.2 Å². The van der Waals surface area contributed by atoms with Crippen molar-refractivity contribution in [1.82, 2.24) is 63.8 Å². The Labute approximate surface area is 848 Å². The number of nitrogens with one attached hydrogen (secondary N) is 12. The third-order valence-corrected chi connectivity index (χ3v) is 25.4. The Morgan fingerprint density at radius 1 is 0.255 bits per heavy atom. The highest BCUT2D eigenvalue weighted by atomic mass is 16.2. The van der Waals surface area contributed by atoms with Crippen molar-refractivity contribution in [2.24, 2.45) is 17.8 Å². The molecule has 4 bridgehead atoms. The number of benzene rings is 5. The van der Waals surface area contributed by atoms with Gasteiger partial charge in [0, 0.05) is 255 Å². The summed E-state index contributed by atoms with van der Waals surface area (Å²) < 4.78 is 0. The molecule has 0 aromatic heterocycles. The molecule has 141 heavy (non-hydrogen) atoms. The Kier molecular flexibility index (Phi) is 68.2. The van der Waals surface area contributed by atoms with Crippen LogP contribution in [-0.2, 0) is 66.2 Å². The van der Waals surface area contributed by atoms with Gasteiger partial charge in [0.25, 0.3) is 0 Å². The molecule has 4 saturated carbocycles. The highest BCUT2D eigenvalue weighted by molar-refractivity contribution is 5.82. The molecule has 790 valence electrons. The number of anilines is 5. The van der Waals surface area contributed by atoms with Crippen molar-refractivity contribution in [2.75, 3.05) is 142 Å². The number of urea groups is 5. The van der Waals surface area contributed by atoms with Crippen molar-refractivity contribution < 1.29 is 57.5 Å². The van der Waals surface area contributed by atoms with Crippen LogP contribution in [0.15, 0.2) is 121 Å². The van der Waals surface area contributed by atoms with Gasteiger partial charge in [-0.2, -0.15) is 0 Å². The van der Waals surface area contributed by atoms with E-state index in [1.165, 1.54) is 38.5 Å². The zero-order valence-electron chi connectivity index (χ0n) is 88.6. The molecule has 0 heterocycles. The van der Waals surface area contributed by atoms with Gasteiger partial charge in [-0.1, -0.05) is 160 Å². The van der Waals surface area contributed by atoms with E-state index in [9.17, 15) is 57.5 Å². The van der Waals surface area contributed by atoms with Crippen LogP contribution >= 0.6 is 0 Å². The lowest BCUT2D eigenvalue weighted by Crippen LogP contribution is -2.61. The molecule has 5 aromatic carbocycles. The van der Waals surface area contributed by atoms with Crippen molar-refractivity contribution in [2.45, 2.75) is 324 Å². The van der Waals surface area contributed by atoms with Gasteiger partial charge in [-0.15, -0.1) is 0 Å². The quantitative estimate of drug-likeness (QED) is 0.0161. The van der Waals surface area contributed by atoms with Crippen LogP contribution in [0.3, 0.4) is 0 Å². The molecule has 5 aromatic rings. The van der Waals surface area contributed by atoms with Crippen LogP contribution in [0.5, 0.6) is 0 Å². The van der Waals surface area contributed by atoms with Gasteiger partial charge in [0.1, 0.15) is 28.9 Å². The third-order valence-electron chi connectivity index (χ3n) is 25.4. The van der Waals surface area contributed by atoms with Crippen LogP contribution in [0, 0.1) is 17.8 Å². The second-order valence-corrected chi connectivity index (χ2v) is 38.5. The summed E-state index contributed by atoms with van der Waals surface area (Å²) >= 11 is 0. The van der Waals surface area contributed by atoms with Gasteiger partial charge in [0.05, 0.1) is 0 Å². The first kappa shape index (κ1) is 126. The summed E-state index contributed by atoms with van der Waals surface area (Å²) in [7, 11) is 23.3. The van der Waals surface area contributed by atoms with Crippen LogP contribution in [0.2, 0.25) is 0 Å². The van der Waals surface area contributed by atoms with E-state index < -0.39 is 0 Å². The molecule has 0 atom stereocenters. The van der Waals surface area contributed by atoms with Crippen LogP contribution < -0.4 is 88.3 Å². The molecule has 4 aliphatic rings. The first-order valence-corrected chi connectivity index (χ1v) is 52.2. The molecule has 9 rings (SSSR count). The van der Waals surface area contributed by atoms with Crippen molar-refractivity contribution >= 4 is 99.3 Å². The number of nitrogens with zero attached hydrogens (tertiary/aromatic N) is 5. The number of amides is 12. The largest absolute Gasteiger partial charge is 0.378 e. The number of carbonyl (C=O) groups is 12. The van der Waals surface area contributed by atoms with Crippen LogP contribution in [0.25, 0.3) is 0 Å². The van der Waals surface area contributed by atoms with Gasteiger partial charge in [0.15, 0.2) is 0 Å². The third kappa shape index (κ3) is 61.3. The molecule has 4 fully saturated rings. The lowest BCUT2D eigenvalue weighted by molar-refractivity contribution is -0.121. The van der Waals surface area contributed by atoms with Gasteiger partial charge in [-0.25, -0.2) is 24.0 Å². The van der Waals surface area contributed by atoms with Crippen molar-refractivity contribution in [3.05, 3.63) is 149 Å². The van der Waals surface area contributed by atoms with E-state index in [0.29, 0.717) is 152 Å². The lowest BCUT2D eigenvalue weighted by Gasteiger charge is -2.56. The van der Waals surface area contributed by atoms with E-state index in [1.807, 2.05) is 227 Å². The first-order valence-electron chi connectivity index (χ1n) is 52.2. The van der Waals surface area contributed by atoms with Crippen molar-refractivity contribution in [1.29, 1.82) is 0 Å². The van der Waals surface area contributed by atoms with E-state index in [1.54, 1.807) is 14.1 Å². The Hall–Kier alpha value is -11.3. The Balaban J connectivity index is 0.000000571. The van der Waals surface area contributed by atoms with Gasteiger partial charge in [0.2, 0.25) is 11.8 Å². The van der Waals surface area contributed by atoms with Gasteiger partial charge < -0.3 is 88.3 Å². The number of hydrogen-bond acceptors (Lipinski definition) is 17. The summed E-state index contributed by atoms with van der Waals surface area (Å²) in [6.07, 6.45) is 37.2. The predicted molar refractivity (Wildman–Crippen MR) is 581 cm³/mol. The number of Topliss-reactive ketones (excluding diaryl/α,β-unsaturated/α-hetero) is 5. The maximum Gasteiger partial charge on any atom is 0.315 e. The van der Waals surface area contributed by atoms with Crippen LogP contribution in [0.1, 0.15) is 313 Å². The van der Waals surface area contributed by atoms with Gasteiger partial charge in [-0.05, 0) is 222 Å². The van der Waals surface area contributed by atoms with E-state index in [0.717, 1.165) is 228 Å². The zero-order chi connectivity index (χ0) is 103. The molecule has 0 radical (unpaired) electrons. The van der Waals surface area contributed by atoms with Gasteiger partial charge in [-0.3, -0.25) is 33.6 Å². The maximum absolute atomic E-state index is 12.2. The summed E-state index contributed by atoms with van der Waals surface area (Å²) in [5, 5.41) is 34.3. The fraction of sp³-hybridized carbons (Fsp3) is 0.625. The number of rotatable bonds is 60. The average molecular weight is 1960 g/mol. The topological polar surface area (TPSA) is 365 Å². The van der Waals surface area contributed by atoms with Crippen LogP contribution in [-0.4, -0.2) is 194 Å². The summed E-state index contributed by atoms with van der Waals surface area (Å²) in [4.78, 5) is 148. The molecule has 0 saturated heterocycles. The average Bonchev–Trinajstić information content (AvgIpc) is 0.748. The molecule has 29 heteroatoms. The van der Waals surface area contributed by atoms with Crippen LogP contribution in [0.4, 0.5) is 52.4 Å². The normalized spacial score (nSPS) is 14.1. The van der Waals surface area contributed by atoms with Crippen molar-refractivity contribution in [3.63, 3.8) is 0 Å². The highest BCUT2D eigenvalue weighted by Crippen LogP contribution is 2.55. The standard InChI is InChI=1S/C20H33N3O2.C20H31NO2.C19H32N2O2.C18H30N4O2.C18H29N3O2.C16H26N4O2.CH4/c1-4-19(24)10-8-6-5-7-9-15-21-20(25)22-16-17-11-13-18(14-12-17)23(2)3;1-4-19(22)10-8-6-5-7-9-11-20(23)16-17-12-14-18(15-13-17)21(2)3;1-2-17(22)6-4-3-5-7-20-18(23)21-19-11-14-8-15(12-19)10-16(9-14)13-19;1-19-17(23)8-6-4-5-7-13-20-18(24)21-14-15-9-11-16(12-10-15)22(2)3;1-4-17(22)8-6-5-7-13-19-18(23)20-14-15-9-11-16(12-10-15)21(2)3;1-17-15(21)6-4-5-11-18-16(22)19-12-13-7-9-14(10-8-13)20(2)3;/h11-14H,4-10,15-16H2,1-3H3,(H2,21,22,25);12-15H,4-11,16H2,1-3H3;14-16H,2-13H2,1H3,(H2,20,21,23);9-12H,4-8,13-14H2,1-3H3,(H,19,23)(H2,20,21,24);9-12H,4-8,13-14H2,1-3H3,(H2,19,20,23);7-10H,4-6,11-12H2,1-3H3,(H,17,21)(H2,18,19,22);1H4. The zero-order valence-corrected chi connectivity index (χ0v) is 88.6. The van der Waals surface area contributed by atoms with Crippen molar-refractivity contribution in [3.8, 4) is 0 Å². The second kappa shape index (κ2) is 76.5. The molecule has 12 N–H and O–H groups in total. The number of carbonyl (C=O) groups excluding carboxylic acids is 12. The fourth-order valence-corrected chi connectivity index (χ4v) is 16.9. The summed E-state index contributed by atoms with van der Waals surface area (Å²) in [5.41, 5.74) is 11.2.